The number of rotatable bonds is 3. The van der Waals surface area contributed by atoms with Crippen molar-refractivity contribution in [1.82, 2.24) is 4.72 Å². The molecule has 0 aliphatic rings. The molecule has 0 saturated heterocycles. The van der Waals surface area contributed by atoms with Crippen molar-refractivity contribution in [3.05, 3.63) is 27.7 Å². The van der Waals surface area contributed by atoms with Crippen LogP contribution in [0.25, 0.3) is 0 Å². The van der Waals surface area contributed by atoms with Crippen molar-refractivity contribution < 1.29 is 13.2 Å². The summed E-state index contributed by atoms with van der Waals surface area (Å²) in [5.74, 6) is -0.310. The van der Waals surface area contributed by atoms with Gasteiger partial charge < -0.3 is 0 Å². The first kappa shape index (κ1) is 19.4. The molecule has 0 radical (unpaired) electrons. The summed E-state index contributed by atoms with van der Waals surface area (Å²) in [5.41, 5.74) is -1.36. The third kappa shape index (κ3) is 4.44. The number of benzene rings is 1. The van der Waals surface area contributed by atoms with Crippen LogP contribution in [0.3, 0.4) is 0 Å². The molecule has 4 nitrogen and oxygen atoms in total. The molecule has 0 spiro atoms. The largest absolute Gasteiger partial charge is 0.293 e. The van der Waals surface area contributed by atoms with Crippen molar-refractivity contribution in [3.8, 4) is 0 Å². The highest BCUT2D eigenvalue weighted by molar-refractivity contribution is 7.89. The van der Waals surface area contributed by atoms with Crippen LogP contribution in [0, 0.1) is 5.41 Å². The third-order valence-electron chi connectivity index (χ3n) is 2.69. The molecule has 1 rings (SSSR count). The SMILES string of the molecule is CC(C)(C)NS(=O)(=O)c1ccc(Cl)c(C(=O)C(C)(C)C)c1Cl. The highest BCUT2D eigenvalue weighted by Crippen LogP contribution is 2.35. The van der Waals surface area contributed by atoms with Gasteiger partial charge in [-0.25, -0.2) is 13.1 Å². The number of hydrogen-bond acceptors (Lipinski definition) is 3. The zero-order chi connectivity index (χ0) is 17.5. The summed E-state index contributed by atoms with van der Waals surface area (Å²) in [7, 11) is -3.86. The summed E-state index contributed by atoms with van der Waals surface area (Å²) in [6.45, 7) is 10.3. The average molecular weight is 366 g/mol. The Labute approximate surface area is 142 Å². The number of sulfonamides is 1. The van der Waals surface area contributed by atoms with Gasteiger partial charge in [0.05, 0.1) is 15.6 Å². The van der Waals surface area contributed by atoms with Crippen LogP contribution in [0.5, 0.6) is 0 Å². The summed E-state index contributed by atoms with van der Waals surface area (Å²) in [6.07, 6.45) is 0. The molecule has 0 amide bonds. The molecule has 0 aliphatic heterocycles. The predicted molar refractivity (Wildman–Crippen MR) is 90.3 cm³/mol. The van der Waals surface area contributed by atoms with E-state index in [4.69, 9.17) is 23.2 Å². The fraction of sp³-hybridized carbons (Fsp3) is 0.533. The summed E-state index contributed by atoms with van der Waals surface area (Å²) < 4.78 is 27.4. The van der Waals surface area contributed by atoms with Crippen LogP contribution >= 0.6 is 23.2 Å². The van der Waals surface area contributed by atoms with Gasteiger partial charge in [-0.1, -0.05) is 44.0 Å². The molecular formula is C15H21Cl2NO3S. The van der Waals surface area contributed by atoms with Gasteiger partial charge in [0.2, 0.25) is 10.0 Å². The van der Waals surface area contributed by atoms with Gasteiger partial charge in [-0.05, 0) is 32.9 Å². The molecule has 0 heterocycles. The van der Waals surface area contributed by atoms with E-state index in [1.807, 2.05) is 0 Å². The van der Waals surface area contributed by atoms with E-state index in [1.54, 1.807) is 41.5 Å². The Morgan fingerprint density at radius 3 is 1.95 bits per heavy atom. The van der Waals surface area contributed by atoms with Crippen molar-refractivity contribution in [2.45, 2.75) is 52.0 Å². The molecule has 1 aromatic rings. The molecule has 0 unspecified atom stereocenters. The predicted octanol–water partition coefficient (Wildman–Crippen LogP) is 4.30. The highest BCUT2D eigenvalue weighted by Gasteiger charge is 2.32. The molecule has 0 aromatic heterocycles. The van der Waals surface area contributed by atoms with Gasteiger partial charge in [-0.15, -0.1) is 0 Å². The summed E-state index contributed by atoms with van der Waals surface area (Å²) in [5, 5.41) is -0.0104. The molecule has 0 fully saturated rings. The highest BCUT2D eigenvalue weighted by atomic mass is 35.5. The third-order valence-corrected chi connectivity index (χ3v) is 5.31. The number of hydrogen-bond donors (Lipinski definition) is 1. The monoisotopic (exact) mass is 365 g/mol. The van der Waals surface area contributed by atoms with E-state index in [1.165, 1.54) is 12.1 Å². The summed E-state index contributed by atoms with van der Waals surface area (Å²) >= 11 is 12.3. The number of nitrogens with one attached hydrogen (secondary N) is 1. The maximum atomic E-state index is 12.5. The van der Waals surface area contributed by atoms with Gasteiger partial charge in [0.15, 0.2) is 5.78 Å². The maximum Gasteiger partial charge on any atom is 0.242 e. The smallest absolute Gasteiger partial charge is 0.242 e. The van der Waals surface area contributed by atoms with Crippen molar-refractivity contribution in [2.75, 3.05) is 0 Å². The van der Waals surface area contributed by atoms with Crippen LogP contribution in [0.2, 0.25) is 10.0 Å². The van der Waals surface area contributed by atoms with Crippen LogP contribution < -0.4 is 4.72 Å². The molecule has 1 aromatic carbocycles. The zero-order valence-corrected chi connectivity index (χ0v) is 15.9. The first-order valence-corrected chi connectivity index (χ1v) is 8.97. The first-order valence-electron chi connectivity index (χ1n) is 6.73. The van der Waals surface area contributed by atoms with E-state index in [-0.39, 0.29) is 26.3 Å². The van der Waals surface area contributed by atoms with Gasteiger partial charge in [0.25, 0.3) is 0 Å². The molecular weight excluding hydrogens is 345 g/mol. The second-order valence-electron chi connectivity index (χ2n) is 7.17. The molecule has 22 heavy (non-hydrogen) atoms. The lowest BCUT2D eigenvalue weighted by Gasteiger charge is -2.23. The number of carbonyl (C=O) groups excluding carboxylic acids is 1. The Kier molecular flexibility index (Phi) is 5.40. The maximum absolute atomic E-state index is 12.5. The fourth-order valence-corrected chi connectivity index (χ4v) is 4.13. The Balaban J connectivity index is 3.54. The average Bonchev–Trinajstić information content (AvgIpc) is 2.23. The molecule has 124 valence electrons. The second-order valence-corrected chi connectivity index (χ2v) is 9.61. The van der Waals surface area contributed by atoms with Crippen molar-refractivity contribution in [1.29, 1.82) is 0 Å². The van der Waals surface area contributed by atoms with E-state index in [0.29, 0.717) is 0 Å². The van der Waals surface area contributed by atoms with Crippen LogP contribution in [-0.2, 0) is 10.0 Å². The minimum atomic E-state index is -3.86. The summed E-state index contributed by atoms with van der Waals surface area (Å²) in [4.78, 5) is 12.3. The van der Waals surface area contributed by atoms with Crippen LogP contribution in [-0.4, -0.2) is 19.7 Å². The minimum Gasteiger partial charge on any atom is -0.293 e. The fourth-order valence-electron chi connectivity index (χ4n) is 1.78. The van der Waals surface area contributed by atoms with E-state index >= 15 is 0 Å². The van der Waals surface area contributed by atoms with E-state index in [9.17, 15) is 13.2 Å². The molecule has 0 saturated carbocycles. The van der Waals surface area contributed by atoms with Crippen LogP contribution in [0.1, 0.15) is 51.9 Å². The van der Waals surface area contributed by atoms with Gasteiger partial charge in [0.1, 0.15) is 4.90 Å². The molecule has 0 atom stereocenters. The lowest BCUT2D eigenvalue weighted by atomic mass is 9.86. The van der Waals surface area contributed by atoms with Crippen LogP contribution in [0.15, 0.2) is 17.0 Å². The van der Waals surface area contributed by atoms with E-state index < -0.39 is 21.0 Å². The molecule has 1 N–H and O–H groups in total. The van der Waals surface area contributed by atoms with E-state index in [2.05, 4.69) is 4.72 Å². The lowest BCUT2D eigenvalue weighted by Crippen LogP contribution is -2.40. The standard InChI is InChI=1S/C15H21Cl2NO3S/c1-14(2,3)13(19)11-9(16)7-8-10(12(11)17)22(20,21)18-15(4,5)6/h7-8,18H,1-6H3. The van der Waals surface area contributed by atoms with Crippen LogP contribution in [0.4, 0.5) is 0 Å². The Morgan fingerprint density at radius 1 is 1.05 bits per heavy atom. The van der Waals surface area contributed by atoms with E-state index in [0.717, 1.165) is 0 Å². The second kappa shape index (κ2) is 6.11. The van der Waals surface area contributed by atoms with Gasteiger partial charge in [-0.2, -0.15) is 0 Å². The first-order chi connectivity index (χ1) is 9.67. The number of carbonyl (C=O) groups is 1. The molecule has 7 heteroatoms. The Hall–Kier alpha value is -0.620. The topological polar surface area (TPSA) is 63.2 Å². The van der Waals surface area contributed by atoms with Gasteiger partial charge in [-0.3, -0.25) is 4.79 Å². The Morgan fingerprint density at radius 2 is 1.55 bits per heavy atom. The zero-order valence-electron chi connectivity index (χ0n) is 13.5. The van der Waals surface area contributed by atoms with Crippen molar-refractivity contribution in [3.63, 3.8) is 0 Å². The lowest BCUT2D eigenvalue weighted by molar-refractivity contribution is 0.0858. The molecule has 0 bridgehead atoms. The Bertz CT molecular complexity index is 699. The van der Waals surface area contributed by atoms with Gasteiger partial charge in [0, 0.05) is 11.0 Å². The number of ketones is 1. The summed E-state index contributed by atoms with van der Waals surface area (Å²) in [6, 6.07) is 2.68. The van der Waals surface area contributed by atoms with Crippen molar-refractivity contribution in [2.24, 2.45) is 5.41 Å². The minimum absolute atomic E-state index is 0.0348. The quantitative estimate of drug-likeness (QED) is 0.812. The van der Waals surface area contributed by atoms with Gasteiger partial charge >= 0.3 is 0 Å². The van der Waals surface area contributed by atoms with Crippen molar-refractivity contribution >= 4 is 39.0 Å². The normalized spacial score (nSPS) is 13.3. The number of halogens is 2. The number of Topliss-reactive ketones (excluding diaryl/α,β-unsaturated/α-hetero) is 1. The molecule has 0 aliphatic carbocycles.